The molecule has 0 aromatic heterocycles. The monoisotopic (exact) mass is 325 g/mol. The van der Waals surface area contributed by atoms with E-state index in [0.717, 1.165) is 49.4 Å². The smallest absolute Gasteiger partial charge is 0.123 e. The molecule has 1 aromatic rings. The Morgan fingerprint density at radius 1 is 1.32 bits per heavy atom. The van der Waals surface area contributed by atoms with Crippen molar-refractivity contribution in [2.45, 2.75) is 38.5 Å². The zero-order valence-corrected chi connectivity index (χ0v) is 12.9. The van der Waals surface area contributed by atoms with Gasteiger partial charge in [0.05, 0.1) is 6.10 Å². The quantitative estimate of drug-likeness (QED) is 0.791. The number of hydrogen-bond donors (Lipinski definition) is 0. The largest absolute Gasteiger partial charge is 0.492 e. The molecule has 0 saturated carbocycles. The molecular weight excluding hydrogens is 306 g/mol. The van der Waals surface area contributed by atoms with Gasteiger partial charge in [-0.15, -0.1) is 0 Å². The maximum atomic E-state index is 5.86. The van der Waals surface area contributed by atoms with Gasteiger partial charge in [0.15, 0.2) is 0 Å². The Morgan fingerprint density at radius 3 is 3.05 bits per heavy atom. The van der Waals surface area contributed by atoms with E-state index in [-0.39, 0.29) is 0 Å². The molecule has 2 heterocycles. The average Bonchev–Trinajstić information content (AvgIpc) is 2.60. The average molecular weight is 326 g/mol. The van der Waals surface area contributed by atoms with Gasteiger partial charge < -0.3 is 9.47 Å². The molecule has 1 fully saturated rings. The van der Waals surface area contributed by atoms with Crippen LogP contribution in [0, 0.1) is 0 Å². The van der Waals surface area contributed by atoms with Crippen LogP contribution >= 0.6 is 15.9 Å². The summed E-state index contributed by atoms with van der Waals surface area (Å²) in [5.74, 6) is 1.03. The van der Waals surface area contributed by atoms with Crippen LogP contribution in [0.4, 0.5) is 0 Å². The summed E-state index contributed by atoms with van der Waals surface area (Å²) in [5.41, 5.74) is 1.28. The molecule has 1 saturated heterocycles. The van der Waals surface area contributed by atoms with Gasteiger partial charge in [-0.1, -0.05) is 15.9 Å². The lowest BCUT2D eigenvalue weighted by molar-refractivity contribution is -0.0201. The van der Waals surface area contributed by atoms with Crippen molar-refractivity contribution in [1.82, 2.24) is 4.90 Å². The van der Waals surface area contributed by atoms with Crippen LogP contribution in [0.25, 0.3) is 0 Å². The van der Waals surface area contributed by atoms with Crippen LogP contribution < -0.4 is 4.74 Å². The summed E-state index contributed by atoms with van der Waals surface area (Å²) in [5, 5.41) is 0. The van der Waals surface area contributed by atoms with Crippen molar-refractivity contribution in [2.24, 2.45) is 0 Å². The third kappa shape index (κ3) is 3.12. The SMILES string of the molecule is C[C@@H]1C[C@H](N2CCOc3ccc(Br)cc3C2)CCO1. The summed E-state index contributed by atoms with van der Waals surface area (Å²) in [6.45, 7) is 5.82. The number of nitrogens with zero attached hydrogens (tertiary/aromatic N) is 1. The number of fused-ring (bicyclic) bond motifs is 1. The standard InChI is InChI=1S/C15H20BrNO2/c1-11-8-14(4-6-18-11)17-5-7-19-15-3-2-13(16)9-12(15)10-17/h2-3,9,11,14H,4-8,10H2,1H3/t11-,14-/m1/s1. The van der Waals surface area contributed by atoms with E-state index in [2.05, 4.69) is 39.9 Å². The van der Waals surface area contributed by atoms with Crippen LogP contribution in [0.15, 0.2) is 22.7 Å². The van der Waals surface area contributed by atoms with Crippen LogP contribution in [-0.2, 0) is 11.3 Å². The fourth-order valence-corrected chi connectivity index (χ4v) is 3.41. The van der Waals surface area contributed by atoms with Crippen molar-refractivity contribution in [2.75, 3.05) is 19.8 Å². The highest BCUT2D eigenvalue weighted by molar-refractivity contribution is 9.10. The van der Waals surface area contributed by atoms with Crippen LogP contribution in [0.5, 0.6) is 5.75 Å². The van der Waals surface area contributed by atoms with Crippen molar-refractivity contribution < 1.29 is 9.47 Å². The summed E-state index contributed by atoms with van der Waals surface area (Å²) in [6.07, 6.45) is 2.64. The van der Waals surface area contributed by atoms with Crippen molar-refractivity contribution >= 4 is 15.9 Å². The van der Waals surface area contributed by atoms with Crippen LogP contribution in [0.1, 0.15) is 25.3 Å². The molecular formula is C15H20BrNO2. The number of rotatable bonds is 1. The molecule has 104 valence electrons. The second kappa shape index (κ2) is 5.81. The first-order chi connectivity index (χ1) is 9.22. The molecule has 2 atom stereocenters. The Hall–Kier alpha value is -0.580. The van der Waals surface area contributed by atoms with E-state index in [1.807, 2.05) is 6.07 Å². The maximum absolute atomic E-state index is 5.86. The molecule has 0 spiro atoms. The highest BCUT2D eigenvalue weighted by Crippen LogP contribution is 2.29. The number of benzene rings is 1. The molecule has 3 rings (SSSR count). The van der Waals surface area contributed by atoms with Gasteiger partial charge in [0.2, 0.25) is 0 Å². The van der Waals surface area contributed by atoms with E-state index in [1.165, 1.54) is 5.56 Å². The molecule has 2 aliphatic heterocycles. The fourth-order valence-electron chi connectivity index (χ4n) is 3.00. The third-order valence-corrected chi connectivity index (χ3v) is 4.50. The lowest BCUT2D eigenvalue weighted by atomic mass is 10.0. The summed E-state index contributed by atoms with van der Waals surface area (Å²) >= 11 is 3.55. The highest BCUT2D eigenvalue weighted by Gasteiger charge is 2.27. The van der Waals surface area contributed by atoms with E-state index >= 15 is 0 Å². The number of halogens is 1. The highest BCUT2D eigenvalue weighted by atomic mass is 79.9. The maximum Gasteiger partial charge on any atom is 0.123 e. The molecule has 4 heteroatoms. The molecule has 0 amide bonds. The Bertz CT molecular complexity index is 452. The lowest BCUT2D eigenvalue weighted by Crippen LogP contribution is -2.42. The predicted octanol–water partition coefficient (Wildman–Crippen LogP) is 3.21. The summed E-state index contributed by atoms with van der Waals surface area (Å²) in [6, 6.07) is 6.91. The Morgan fingerprint density at radius 2 is 2.21 bits per heavy atom. The van der Waals surface area contributed by atoms with Gasteiger partial charge in [0.25, 0.3) is 0 Å². The van der Waals surface area contributed by atoms with Crippen LogP contribution in [0.2, 0.25) is 0 Å². The predicted molar refractivity (Wildman–Crippen MR) is 78.5 cm³/mol. The van der Waals surface area contributed by atoms with E-state index in [9.17, 15) is 0 Å². The molecule has 0 radical (unpaired) electrons. The molecule has 2 aliphatic rings. The van der Waals surface area contributed by atoms with Crippen molar-refractivity contribution in [3.8, 4) is 5.75 Å². The Kier molecular flexibility index (Phi) is 4.10. The van der Waals surface area contributed by atoms with Crippen molar-refractivity contribution in [3.63, 3.8) is 0 Å². The minimum absolute atomic E-state index is 0.380. The van der Waals surface area contributed by atoms with Gasteiger partial charge in [0.1, 0.15) is 12.4 Å². The fraction of sp³-hybridized carbons (Fsp3) is 0.600. The van der Waals surface area contributed by atoms with E-state index in [4.69, 9.17) is 9.47 Å². The Balaban J connectivity index is 1.77. The van der Waals surface area contributed by atoms with Gasteiger partial charge in [-0.25, -0.2) is 0 Å². The zero-order chi connectivity index (χ0) is 13.2. The summed E-state index contributed by atoms with van der Waals surface area (Å²) in [7, 11) is 0. The Labute approximate surface area is 123 Å². The third-order valence-electron chi connectivity index (χ3n) is 4.01. The van der Waals surface area contributed by atoms with Gasteiger partial charge in [0, 0.05) is 35.8 Å². The number of hydrogen-bond acceptors (Lipinski definition) is 3. The van der Waals surface area contributed by atoms with Gasteiger partial charge in [-0.3, -0.25) is 4.90 Å². The first-order valence-corrected chi connectivity index (χ1v) is 7.78. The van der Waals surface area contributed by atoms with E-state index in [0.29, 0.717) is 12.1 Å². The minimum Gasteiger partial charge on any atom is -0.492 e. The molecule has 0 N–H and O–H groups in total. The molecule has 0 bridgehead atoms. The van der Waals surface area contributed by atoms with Crippen LogP contribution in [-0.4, -0.2) is 36.8 Å². The first-order valence-electron chi connectivity index (χ1n) is 6.99. The van der Waals surface area contributed by atoms with Gasteiger partial charge in [-0.2, -0.15) is 0 Å². The zero-order valence-electron chi connectivity index (χ0n) is 11.3. The lowest BCUT2D eigenvalue weighted by Gasteiger charge is -2.35. The van der Waals surface area contributed by atoms with Crippen molar-refractivity contribution in [1.29, 1.82) is 0 Å². The van der Waals surface area contributed by atoms with E-state index < -0.39 is 0 Å². The van der Waals surface area contributed by atoms with Gasteiger partial charge >= 0.3 is 0 Å². The minimum atomic E-state index is 0.380. The second-order valence-corrected chi connectivity index (χ2v) is 6.35. The molecule has 19 heavy (non-hydrogen) atoms. The molecule has 0 unspecified atom stereocenters. The normalized spacial score (nSPS) is 28.3. The second-order valence-electron chi connectivity index (χ2n) is 5.43. The molecule has 0 aliphatic carbocycles. The molecule has 1 aromatic carbocycles. The first kappa shape index (κ1) is 13.4. The van der Waals surface area contributed by atoms with Crippen molar-refractivity contribution in [3.05, 3.63) is 28.2 Å². The summed E-state index contributed by atoms with van der Waals surface area (Å²) < 4.78 is 12.6. The summed E-state index contributed by atoms with van der Waals surface area (Å²) in [4.78, 5) is 2.55. The van der Waals surface area contributed by atoms with E-state index in [1.54, 1.807) is 0 Å². The molecule has 3 nitrogen and oxygen atoms in total. The topological polar surface area (TPSA) is 21.7 Å². The number of ether oxygens (including phenoxy) is 2. The van der Waals surface area contributed by atoms with Gasteiger partial charge in [-0.05, 0) is 38.0 Å². The van der Waals surface area contributed by atoms with Crippen LogP contribution in [0.3, 0.4) is 0 Å².